The van der Waals surface area contributed by atoms with Gasteiger partial charge in [-0.3, -0.25) is 9.59 Å². The molecule has 1 unspecified atom stereocenters. The number of nitrogens with zero attached hydrogens (tertiary/aromatic N) is 1. The molecular weight excluding hydrogens is 702 g/mol. The van der Waals surface area contributed by atoms with E-state index in [1.165, 1.54) is 154 Å². The van der Waals surface area contributed by atoms with Gasteiger partial charge in [0.15, 0.2) is 0 Å². The van der Waals surface area contributed by atoms with Crippen molar-refractivity contribution in [3.63, 3.8) is 0 Å². The van der Waals surface area contributed by atoms with Gasteiger partial charge in [0.25, 0.3) is 0 Å². The fourth-order valence-electron chi connectivity index (χ4n) is 7.68. The normalized spacial score (nSPS) is 12.0. The third-order valence-electron chi connectivity index (χ3n) is 11.2. The molecule has 330 valence electrons. The third kappa shape index (κ3) is 41.2. The summed E-state index contributed by atoms with van der Waals surface area (Å²) in [6.07, 6.45) is 42.2. The van der Waals surface area contributed by atoms with E-state index in [0.29, 0.717) is 12.8 Å². The largest absolute Gasteiger partial charge is 0.462 e. The topological polar surface area (TPSA) is 55.8 Å². The number of carbonyl (C=O) groups excluding carboxylic acids is 2. The highest BCUT2D eigenvalue weighted by molar-refractivity contribution is 6.17. The van der Waals surface area contributed by atoms with Gasteiger partial charge in [0.2, 0.25) is 0 Å². The summed E-state index contributed by atoms with van der Waals surface area (Å²) in [5.41, 5.74) is 0. The number of hydrogen-bond acceptors (Lipinski definition) is 5. The minimum absolute atomic E-state index is 0. The lowest BCUT2D eigenvalue weighted by Crippen LogP contribution is -2.27. The molecule has 0 aromatic carbocycles. The van der Waals surface area contributed by atoms with Crippen molar-refractivity contribution in [1.29, 1.82) is 0 Å². The number of rotatable bonds is 44. The van der Waals surface area contributed by atoms with Gasteiger partial charge >= 0.3 is 11.9 Å². The average Bonchev–Trinajstić information content (AvgIpc) is 3.16. The summed E-state index contributed by atoms with van der Waals surface area (Å²) < 4.78 is 11.9. The summed E-state index contributed by atoms with van der Waals surface area (Å²) >= 11 is 6.06. The van der Waals surface area contributed by atoms with E-state index in [2.05, 4.69) is 32.6 Å². The Bertz CT molecular complexity index is 764. The SMILES string of the molecule is C.CCCCCCCCC(CCC)OC(=O)CCCCCCCN(CCCCl)CCCCCCCC(=O)OC(CCCCCCCC)CCCCCCCC. The maximum atomic E-state index is 12.8. The summed E-state index contributed by atoms with van der Waals surface area (Å²) in [5.74, 6) is 0.765. The molecule has 6 heteroatoms. The van der Waals surface area contributed by atoms with Crippen molar-refractivity contribution in [1.82, 2.24) is 4.90 Å². The Morgan fingerprint density at radius 1 is 0.400 bits per heavy atom. The summed E-state index contributed by atoms with van der Waals surface area (Å²) in [5, 5.41) is 0. The molecule has 0 radical (unpaired) electrons. The molecule has 0 aromatic rings. The molecule has 55 heavy (non-hydrogen) atoms. The Morgan fingerprint density at radius 3 is 1.07 bits per heavy atom. The van der Waals surface area contributed by atoms with Crippen molar-refractivity contribution >= 4 is 23.5 Å². The number of esters is 2. The van der Waals surface area contributed by atoms with Crippen LogP contribution in [0.4, 0.5) is 0 Å². The van der Waals surface area contributed by atoms with Crippen molar-refractivity contribution < 1.29 is 19.1 Å². The van der Waals surface area contributed by atoms with Crippen LogP contribution in [0.3, 0.4) is 0 Å². The van der Waals surface area contributed by atoms with Crippen LogP contribution in [-0.4, -0.2) is 54.6 Å². The van der Waals surface area contributed by atoms with E-state index >= 15 is 0 Å². The summed E-state index contributed by atoms with van der Waals surface area (Å²) in [4.78, 5) is 27.9. The minimum Gasteiger partial charge on any atom is -0.462 e. The summed E-state index contributed by atoms with van der Waals surface area (Å²) in [6, 6.07) is 0. The molecule has 0 aromatic heterocycles. The van der Waals surface area contributed by atoms with Gasteiger partial charge in [0.1, 0.15) is 12.2 Å². The Balaban J connectivity index is 0. The highest BCUT2D eigenvalue weighted by atomic mass is 35.5. The van der Waals surface area contributed by atoms with Crippen LogP contribution in [0.2, 0.25) is 0 Å². The van der Waals surface area contributed by atoms with Crippen LogP contribution in [-0.2, 0) is 19.1 Å². The molecule has 0 amide bonds. The highest BCUT2D eigenvalue weighted by Gasteiger charge is 2.15. The number of alkyl halides is 1. The van der Waals surface area contributed by atoms with Gasteiger partial charge in [-0.15, -0.1) is 11.6 Å². The van der Waals surface area contributed by atoms with Crippen LogP contribution in [0, 0.1) is 0 Å². The molecule has 0 heterocycles. The molecule has 0 aliphatic carbocycles. The van der Waals surface area contributed by atoms with Gasteiger partial charge in [-0.2, -0.15) is 0 Å². The van der Waals surface area contributed by atoms with E-state index in [-0.39, 0.29) is 31.6 Å². The number of halogens is 1. The van der Waals surface area contributed by atoms with Gasteiger partial charge in [0.05, 0.1) is 0 Å². The maximum Gasteiger partial charge on any atom is 0.306 e. The highest BCUT2D eigenvalue weighted by Crippen LogP contribution is 2.19. The quantitative estimate of drug-likeness (QED) is 0.0349. The van der Waals surface area contributed by atoms with E-state index < -0.39 is 0 Å². The zero-order valence-electron chi connectivity index (χ0n) is 36.9. The Hall–Kier alpha value is -0.810. The number of carbonyl (C=O) groups is 2. The molecule has 0 bridgehead atoms. The molecule has 0 aliphatic heterocycles. The van der Waals surface area contributed by atoms with Crippen LogP contribution >= 0.6 is 11.6 Å². The molecule has 0 fully saturated rings. The molecule has 0 aliphatic rings. The molecule has 5 nitrogen and oxygen atoms in total. The predicted molar refractivity (Wildman–Crippen MR) is 243 cm³/mol. The zero-order valence-corrected chi connectivity index (χ0v) is 37.7. The zero-order chi connectivity index (χ0) is 39.6. The van der Waals surface area contributed by atoms with E-state index in [1.807, 2.05) is 0 Å². The second-order valence-electron chi connectivity index (χ2n) is 16.6. The van der Waals surface area contributed by atoms with Crippen LogP contribution in [0.5, 0.6) is 0 Å². The summed E-state index contributed by atoms with van der Waals surface area (Å²) in [7, 11) is 0. The minimum atomic E-state index is 0. The van der Waals surface area contributed by atoms with Crippen molar-refractivity contribution in [2.24, 2.45) is 0 Å². The van der Waals surface area contributed by atoms with Crippen molar-refractivity contribution in [3.05, 3.63) is 0 Å². The first kappa shape index (κ1) is 56.3. The van der Waals surface area contributed by atoms with Crippen LogP contribution in [0.25, 0.3) is 0 Å². The summed E-state index contributed by atoms with van der Waals surface area (Å²) in [6.45, 7) is 12.3. The maximum absolute atomic E-state index is 12.8. The molecule has 1 atom stereocenters. The second kappa shape index (κ2) is 45.9. The fraction of sp³-hybridized carbons (Fsp3) is 0.959. The van der Waals surface area contributed by atoms with Gasteiger partial charge in [0, 0.05) is 18.7 Å². The lowest BCUT2D eigenvalue weighted by Gasteiger charge is -2.22. The first-order valence-electron chi connectivity index (χ1n) is 24.2. The van der Waals surface area contributed by atoms with Crippen molar-refractivity contribution in [3.8, 4) is 0 Å². The second-order valence-corrected chi connectivity index (χ2v) is 17.0. The molecule has 0 N–H and O–H groups in total. The Kier molecular flexibility index (Phi) is 47.0. The lowest BCUT2D eigenvalue weighted by atomic mass is 10.0. The van der Waals surface area contributed by atoms with Crippen molar-refractivity contribution in [2.75, 3.05) is 25.5 Å². The van der Waals surface area contributed by atoms with Gasteiger partial charge in [-0.25, -0.2) is 0 Å². The molecule has 0 rings (SSSR count). The molecular formula is C49H98ClNO4. The fourth-order valence-corrected chi connectivity index (χ4v) is 7.80. The van der Waals surface area contributed by atoms with E-state index in [0.717, 1.165) is 89.7 Å². The van der Waals surface area contributed by atoms with Gasteiger partial charge in [-0.05, 0) is 96.7 Å². The third-order valence-corrected chi connectivity index (χ3v) is 11.4. The average molecular weight is 801 g/mol. The Labute approximate surface area is 350 Å². The van der Waals surface area contributed by atoms with E-state index in [9.17, 15) is 9.59 Å². The predicted octanol–water partition coefficient (Wildman–Crippen LogP) is 16.1. The van der Waals surface area contributed by atoms with E-state index in [4.69, 9.17) is 21.1 Å². The first-order valence-corrected chi connectivity index (χ1v) is 24.7. The van der Waals surface area contributed by atoms with Crippen molar-refractivity contribution in [2.45, 2.75) is 278 Å². The number of ether oxygens (including phenoxy) is 2. The molecule has 0 saturated carbocycles. The monoisotopic (exact) mass is 800 g/mol. The number of unbranched alkanes of at least 4 members (excludes halogenated alkanes) is 23. The standard InChI is InChI=1S/C48H94ClNO4.CH4/c1-5-9-12-15-20-27-36-45(35-8-4)53-47(51)39-30-23-18-25-32-42-50(44-34-41-49)43-33-26-19-24-31-40-48(52)54-46(37-28-21-16-13-10-6-2)38-29-22-17-14-11-7-3;/h45-46H,5-44H2,1-4H3;1H4. The lowest BCUT2D eigenvalue weighted by molar-refractivity contribution is -0.151. The van der Waals surface area contributed by atoms with Gasteiger partial charge in [-0.1, -0.05) is 176 Å². The first-order chi connectivity index (χ1) is 26.5. The Morgan fingerprint density at radius 2 is 0.709 bits per heavy atom. The van der Waals surface area contributed by atoms with Crippen LogP contribution < -0.4 is 0 Å². The molecule has 0 spiro atoms. The van der Waals surface area contributed by atoms with Gasteiger partial charge < -0.3 is 14.4 Å². The van der Waals surface area contributed by atoms with Crippen LogP contribution in [0.15, 0.2) is 0 Å². The smallest absolute Gasteiger partial charge is 0.306 e. The molecule has 0 saturated heterocycles. The van der Waals surface area contributed by atoms with Crippen LogP contribution in [0.1, 0.15) is 266 Å². The number of hydrogen-bond donors (Lipinski definition) is 0. The van der Waals surface area contributed by atoms with E-state index in [1.54, 1.807) is 0 Å².